The van der Waals surface area contributed by atoms with Crippen molar-refractivity contribution in [2.45, 2.75) is 19.4 Å². The maximum atomic E-state index is 13.0. The van der Waals surface area contributed by atoms with Crippen LogP contribution in [-0.4, -0.2) is 5.11 Å². The molecule has 0 bridgehead atoms. The molecule has 1 atom stereocenters. The maximum Gasteiger partial charge on any atom is 0.135 e. The topological polar surface area (TPSA) is 33.4 Å². The number of furan rings is 1. The van der Waals surface area contributed by atoms with Crippen LogP contribution in [0.5, 0.6) is 0 Å². The summed E-state index contributed by atoms with van der Waals surface area (Å²) in [7, 11) is 0. The Morgan fingerprint density at radius 3 is 2.41 bits per heavy atom. The van der Waals surface area contributed by atoms with Crippen LogP contribution >= 0.6 is 0 Å². The van der Waals surface area contributed by atoms with E-state index >= 15 is 0 Å². The molecule has 1 unspecified atom stereocenters. The minimum atomic E-state index is -0.897. The predicted molar refractivity (Wildman–Crippen MR) is 58.5 cm³/mol. The Morgan fingerprint density at radius 1 is 1.24 bits per heavy atom. The Hall–Kier alpha value is -1.68. The lowest BCUT2D eigenvalue weighted by atomic mass is 10.0. The van der Waals surface area contributed by atoms with Gasteiger partial charge in [0, 0.05) is 12.5 Å². The summed E-state index contributed by atoms with van der Waals surface area (Å²) in [6.45, 7) is 1.80. The molecule has 0 radical (unpaired) electrons. The Labute approximate surface area is 97.5 Å². The fourth-order valence-electron chi connectivity index (χ4n) is 1.77. The molecule has 0 amide bonds. The molecule has 0 spiro atoms. The zero-order valence-corrected chi connectivity index (χ0v) is 9.28. The molecule has 4 heteroatoms. The number of benzene rings is 1. The van der Waals surface area contributed by atoms with Gasteiger partial charge in [-0.25, -0.2) is 8.78 Å². The van der Waals surface area contributed by atoms with Crippen LogP contribution < -0.4 is 0 Å². The van der Waals surface area contributed by atoms with Crippen LogP contribution in [0, 0.1) is 18.6 Å². The van der Waals surface area contributed by atoms with Gasteiger partial charge in [-0.2, -0.15) is 0 Å². The van der Waals surface area contributed by atoms with E-state index in [2.05, 4.69) is 0 Å². The fourth-order valence-corrected chi connectivity index (χ4v) is 1.77. The second-order valence-electron chi connectivity index (χ2n) is 3.97. The van der Waals surface area contributed by atoms with Crippen molar-refractivity contribution in [3.05, 3.63) is 59.1 Å². The van der Waals surface area contributed by atoms with Gasteiger partial charge < -0.3 is 9.52 Å². The van der Waals surface area contributed by atoms with Gasteiger partial charge >= 0.3 is 0 Å². The van der Waals surface area contributed by atoms with Crippen molar-refractivity contribution in [1.29, 1.82) is 0 Å². The molecule has 2 aromatic rings. The third-order valence-electron chi connectivity index (χ3n) is 2.56. The predicted octanol–water partition coefficient (Wildman–Crippen LogP) is 3.14. The molecule has 1 N–H and O–H groups in total. The number of hydrogen-bond donors (Lipinski definition) is 1. The van der Waals surface area contributed by atoms with E-state index in [1.165, 1.54) is 18.4 Å². The van der Waals surface area contributed by atoms with Gasteiger partial charge in [-0.05, 0) is 36.2 Å². The lowest BCUT2D eigenvalue weighted by Crippen LogP contribution is -2.02. The van der Waals surface area contributed by atoms with Gasteiger partial charge in [-0.15, -0.1) is 0 Å². The molecule has 0 saturated heterocycles. The van der Waals surface area contributed by atoms with Crippen molar-refractivity contribution in [3.8, 4) is 0 Å². The highest BCUT2D eigenvalue weighted by Crippen LogP contribution is 2.23. The van der Waals surface area contributed by atoms with E-state index in [1.807, 2.05) is 0 Å². The van der Waals surface area contributed by atoms with Crippen LogP contribution in [-0.2, 0) is 6.42 Å². The molecular weight excluding hydrogens is 226 g/mol. The summed E-state index contributed by atoms with van der Waals surface area (Å²) in [5.41, 5.74) is 1.21. The summed E-state index contributed by atoms with van der Waals surface area (Å²) >= 11 is 0. The van der Waals surface area contributed by atoms with Crippen molar-refractivity contribution in [2.24, 2.45) is 0 Å². The molecule has 0 aliphatic carbocycles. The number of aryl methyl sites for hydroxylation is 1. The van der Waals surface area contributed by atoms with Crippen molar-refractivity contribution in [2.75, 3.05) is 0 Å². The molecule has 1 aromatic heterocycles. The average Bonchev–Trinajstić information content (AvgIpc) is 2.62. The molecule has 17 heavy (non-hydrogen) atoms. The van der Waals surface area contributed by atoms with Gasteiger partial charge in [0.15, 0.2) is 0 Å². The molecule has 0 aliphatic heterocycles. The second-order valence-corrected chi connectivity index (χ2v) is 3.97. The first-order valence-electron chi connectivity index (χ1n) is 5.23. The van der Waals surface area contributed by atoms with E-state index in [4.69, 9.17) is 4.42 Å². The Morgan fingerprint density at radius 2 is 1.88 bits per heavy atom. The van der Waals surface area contributed by atoms with Crippen LogP contribution in [0.4, 0.5) is 8.78 Å². The van der Waals surface area contributed by atoms with Gasteiger partial charge in [0.2, 0.25) is 0 Å². The highest BCUT2D eigenvalue weighted by Gasteiger charge is 2.15. The lowest BCUT2D eigenvalue weighted by Gasteiger charge is -2.09. The number of aliphatic hydroxyl groups is 1. The molecule has 2 rings (SSSR count). The van der Waals surface area contributed by atoms with Crippen LogP contribution in [0.3, 0.4) is 0 Å². The smallest absolute Gasteiger partial charge is 0.135 e. The summed E-state index contributed by atoms with van der Waals surface area (Å²) in [5, 5.41) is 9.89. The molecule has 0 aliphatic rings. The van der Waals surface area contributed by atoms with Gasteiger partial charge in [0.05, 0.1) is 6.26 Å². The summed E-state index contributed by atoms with van der Waals surface area (Å²) in [6, 6.07) is 4.92. The van der Waals surface area contributed by atoms with E-state index in [0.717, 1.165) is 11.6 Å². The first-order chi connectivity index (χ1) is 8.06. The number of aliphatic hydroxyl groups excluding tert-OH is 1. The van der Waals surface area contributed by atoms with Gasteiger partial charge in [0.25, 0.3) is 0 Å². The van der Waals surface area contributed by atoms with Crippen molar-refractivity contribution in [1.82, 2.24) is 0 Å². The Bertz CT molecular complexity index is 500. The third kappa shape index (κ3) is 2.71. The molecule has 90 valence electrons. The molecule has 2 nitrogen and oxygen atoms in total. The zero-order valence-electron chi connectivity index (χ0n) is 9.28. The van der Waals surface area contributed by atoms with Crippen molar-refractivity contribution >= 4 is 0 Å². The first kappa shape index (κ1) is 11.8. The van der Waals surface area contributed by atoms with Gasteiger partial charge in [-0.3, -0.25) is 0 Å². The number of halogens is 2. The van der Waals surface area contributed by atoms with Gasteiger partial charge in [-0.1, -0.05) is 0 Å². The quantitative estimate of drug-likeness (QED) is 0.891. The van der Waals surface area contributed by atoms with Gasteiger partial charge in [0.1, 0.15) is 23.5 Å². The normalized spacial score (nSPS) is 12.7. The van der Waals surface area contributed by atoms with E-state index < -0.39 is 17.7 Å². The third-order valence-corrected chi connectivity index (χ3v) is 2.56. The van der Waals surface area contributed by atoms with E-state index in [1.54, 1.807) is 13.0 Å². The summed E-state index contributed by atoms with van der Waals surface area (Å²) < 4.78 is 31.0. The highest BCUT2D eigenvalue weighted by molar-refractivity contribution is 5.22. The average molecular weight is 238 g/mol. The van der Waals surface area contributed by atoms with Crippen molar-refractivity contribution < 1.29 is 18.3 Å². The van der Waals surface area contributed by atoms with Crippen molar-refractivity contribution in [3.63, 3.8) is 0 Å². The Balaban J connectivity index is 2.18. The summed E-state index contributed by atoms with van der Waals surface area (Å²) in [6.07, 6.45) is 0.689. The van der Waals surface area contributed by atoms with Crippen LogP contribution in [0.25, 0.3) is 0 Å². The standard InChI is InChI=1S/C13H12F2O2/c1-8-2-3-17-13(8)12(16)6-9-4-10(14)7-11(15)5-9/h2-5,7,12,16H,6H2,1H3. The van der Waals surface area contributed by atoms with E-state index in [-0.39, 0.29) is 6.42 Å². The number of hydrogen-bond acceptors (Lipinski definition) is 2. The summed E-state index contributed by atoms with van der Waals surface area (Å²) in [4.78, 5) is 0. The molecule has 0 saturated carbocycles. The van der Waals surface area contributed by atoms with Crippen LogP contribution in [0.15, 0.2) is 34.9 Å². The number of rotatable bonds is 3. The monoisotopic (exact) mass is 238 g/mol. The minimum absolute atomic E-state index is 0.114. The lowest BCUT2D eigenvalue weighted by molar-refractivity contribution is 0.149. The molecule has 1 aromatic carbocycles. The van der Waals surface area contributed by atoms with Crippen LogP contribution in [0.1, 0.15) is 23.0 Å². The van der Waals surface area contributed by atoms with E-state index in [9.17, 15) is 13.9 Å². The SMILES string of the molecule is Cc1ccoc1C(O)Cc1cc(F)cc(F)c1. The van der Waals surface area contributed by atoms with Crippen LogP contribution in [0.2, 0.25) is 0 Å². The Kier molecular flexibility index (Phi) is 3.24. The maximum absolute atomic E-state index is 13.0. The highest BCUT2D eigenvalue weighted by atomic mass is 19.1. The molecule has 1 heterocycles. The molecular formula is C13H12F2O2. The fraction of sp³-hybridized carbons (Fsp3) is 0.231. The summed E-state index contributed by atoms with van der Waals surface area (Å²) in [5.74, 6) is -0.874. The second kappa shape index (κ2) is 4.67. The largest absolute Gasteiger partial charge is 0.466 e. The molecule has 0 fully saturated rings. The van der Waals surface area contributed by atoms with E-state index in [0.29, 0.717) is 11.3 Å². The first-order valence-corrected chi connectivity index (χ1v) is 5.23. The minimum Gasteiger partial charge on any atom is -0.466 e. The zero-order chi connectivity index (χ0) is 12.4.